The smallest absolute Gasteiger partial charge is 0.322 e. The lowest BCUT2D eigenvalue weighted by Gasteiger charge is -2.06. The van der Waals surface area contributed by atoms with Gasteiger partial charge in [-0.05, 0) is 12.8 Å². The molecule has 8 nitrogen and oxygen atoms in total. The van der Waals surface area contributed by atoms with Gasteiger partial charge in [-0.3, -0.25) is 19.8 Å². The number of nitrogens with one attached hydrogen (secondary N) is 3. The lowest BCUT2D eigenvalue weighted by molar-refractivity contribution is -0.138. The first-order chi connectivity index (χ1) is 8.56. The number of amides is 2. The van der Waals surface area contributed by atoms with Gasteiger partial charge >= 0.3 is 5.97 Å². The topological polar surface area (TPSA) is 128 Å². The first-order valence-corrected chi connectivity index (χ1v) is 5.67. The third kappa shape index (κ3) is 10.8. The highest BCUT2D eigenvalue weighted by molar-refractivity contribution is 5.83. The third-order valence-corrected chi connectivity index (χ3v) is 1.98. The van der Waals surface area contributed by atoms with E-state index >= 15 is 0 Å². The zero-order chi connectivity index (χ0) is 13.8. The predicted molar refractivity (Wildman–Crippen MR) is 62.3 cm³/mol. The van der Waals surface area contributed by atoms with E-state index in [-0.39, 0.29) is 19.1 Å². The minimum atomic E-state index is -1.13. The molecule has 0 saturated carbocycles. The first kappa shape index (κ1) is 16.3. The molecule has 0 spiro atoms. The van der Waals surface area contributed by atoms with Crippen LogP contribution in [-0.2, 0) is 14.4 Å². The average Bonchev–Trinajstić information content (AvgIpc) is 2.32. The van der Waals surface area contributed by atoms with Crippen LogP contribution in [-0.4, -0.2) is 47.7 Å². The minimum absolute atomic E-state index is 0.115. The van der Waals surface area contributed by atoms with E-state index in [0.29, 0.717) is 19.3 Å². The molecular formula is C10H19N3O5. The van der Waals surface area contributed by atoms with Crippen molar-refractivity contribution in [1.29, 1.82) is 0 Å². The summed E-state index contributed by atoms with van der Waals surface area (Å²) in [6, 6.07) is 0. The van der Waals surface area contributed by atoms with E-state index in [9.17, 15) is 14.4 Å². The highest BCUT2D eigenvalue weighted by Crippen LogP contribution is 1.97. The summed E-state index contributed by atoms with van der Waals surface area (Å²) >= 11 is 0. The summed E-state index contributed by atoms with van der Waals surface area (Å²) in [5.74, 6) is -1.90. The molecule has 0 fully saturated rings. The van der Waals surface area contributed by atoms with Crippen LogP contribution in [0.2, 0.25) is 0 Å². The van der Waals surface area contributed by atoms with E-state index in [1.165, 1.54) is 0 Å². The number of unbranched alkanes of at least 4 members (excludes halogenated alkanes) is 2. The van der Waals surface area contributed by atoms with Crippen LogP contribution in [0.1, 0.15) is 25.7 Å². The molecule has 2 amide bonds. The predicted octanol–water partition coefficient (Wildman–Crippen LogP) is -1.64. The molecule has 0 aliphatic rings. The van der Waals surface area contributed by atoms with E-state index in [1.54, 1.807) is 0 Å². The molecule has 0 unspecified atom stereocenters. The van der Waals surface area contributed by atoms with Gasteiger partial charge < -0.3 is 15.5 Å². The number of carboxylic acid groups (broad SMARTS) is 1. The van der Waals surface area contributed by atoms with Crippen LogP contribution < -0.4 is 16.2 Å². The SMILES string of the molecule is O=C(O)CNC(=O)CNNC(=O)CCCCCO. The Balaban J connectivity index is 3.44. The molecular weight excluding hydrogens is 242 g/mol. The van der Waals surface area contributed by atoms with Crippen LogP contribution in [0, 0.1) is 0 Å². The molecule has 0 saturated heterocycles. The maximum absolute atomic E-state index is 11.2. The Morgan fingerprint density at radius 1 is 0.944 bits per heavy atom. The Hall–Kier alpha value is -1.67. The van der Waals surface area contributed by atoms with Crippen molar-refractivity contribution in [3.63, 3.8) is 0 Å². The van der Waals surface area contributed by atoms with Gasteiger partial charge in [-0.2, -0.15) is 0 Å². The highest BCUT2D eigenvalue weighted by Gasteiger charge is 2.04. The lowest BCUT2D eigenvalue weighted by Crippen LogP contribution is -2.44. The number of rotatable bonds is 10. The number of hydrogen-bond donors (Lipinski definition) is 5. The Morgan fingerprint density at radius 3 is 2.28 bits per heavy atom. The van der Waals surface area contributed by atoms with Crippen molar-refractivity contribution in [2.75, 3.05) is 19.7 Å². The van der Waals surface area contributed by atoms with Crippen molar-refractivity contribution >= 4 is 17.8 Å². The van der Waals surface area contributed by atoms with Gasteiger partial charge in [-0.1, -0.05) is 6.42 Å². The second-order valence-corrected chi connectivity index (χ2v) is 3.61. The van der Waals surface area contributed by atoms with Crippen LogP contribution in [0.4, 0.5) is 0 Å². The number of aliphatic carboxylic acids is 1. The number of aliphatic hydroxyl groups excluding tert-OH is 1. The standard InChI is InChI=1S/C10H19N3O5/c14-5-3-1-2-4-8(15)13-12-6-9(16)11-7-10(17)18/h12,14H,1-7H2,(H,11,16)(H,13,15)(H,17,18). The second kappa shape index (κ2) is 10.5. The monoisotopic (exact) mass is 261 g/mol. The summed E-state index contributed by atoms with van der Waals surface area (Å²) in [6.07, 6.45) is 2.41. The van der Waals surface area contributed by atoms with Crippen LogP contribution in [0.15, 0.2) is 0 Å². The fourth-order valence-corrected chi connectivity index (χ4v) is 1.10. The molecule has 0 aliphatic carbocycles. The Morgan fingerprint density at radius 2 is 1.67 bits per heavy atom. The number of hydrazine groups is 1. The van der Waals surface area contributed by atoms with Crippen LogP contribution >= 0.6 is 0 Å². The lowest BCUT2D eigenvalue weighted by atomic mass is 10.2. The van der Waals surface area contributed by atoms with Crippen molar-refractivity contribution in [2.45, 2.75) is 25.7 Å². The summed E-state index contributed by atoms with van der Waals surface area (Å²) < 4.78 is 0. The molecule has 0 bridgehead atoms. The molecule has 0 radical (unpaired) electrons. The van der Waals surface area contributed by atoms with Crippen molar-refractivity contribution in [3.8, 4) is 0 Å². The van der Waals surface area contributed by atoms with Crippen LogP contribution in [0.25, 0.3) is 0 Å². The maximum Gasteiger partial charge on any atom is 0.322 e. The molecule has 0 atom stereocenters. The quantitative estimate of drug-likeness (QED) is 0.237. The molecule has 0 aromatic carbocycles. The Bertz CT molecular complexity index is 283. The Labute approximate surface area is 105 Å². The van der Waals surface area contributed by atoms with E-state index < -0.39 is 18.4 Å². The van der Waals surface area contributed by atoms with E-state index in [4.69, 9.17) is 10.2 Å². The van der Waals surface area contributed by atoms with Crippen molar-refractivity contribution < 1.29 is 24.6 Å². The fraction of sp³-hybridized carbons (Fsp3) is 0.700. The molecule has 0 aliphatic heterocycles. The van der Waals surface area contributed by atoms with E-state index in [2.05, 4.69) is 16.2 Å². The molecule has 5 N–H and O–H groups in total. The average molecular weight is 261 g/mol. The zero-order valence-electron chi connectivity index (χ0n) is 10.1. The number of carbonyl (C=O) groups excluding carboxylic acids is 2. The van der Waals surface area contributed by atoms with Crippen molar-refractivity contribution in [2.24, 2.45) is 0 Å². The number of carboxylic acids is 1. The summed E-state index contributed by atoms with van der Waals surface area (Å²) in [7, 11) is 0. The summed E-state index contributed by atoms with van der Waals surface area (Å²) in [6.45, 7) is -0.519. The van der Waals surface area contributed by atoms with Crippen LogP contribution in [0.3, 0.4) is 0 Å². The van der Waals surface area contributed by atoms with Crippen LogP contribution in [0.5, 0.6) is 0 Å². The normalized spacial score (nSPS) is 9.83. The fourth-order valence-electron chi connectivity index (χ4n) is 1.10. The van der Waals surface area contributed by atoms with Gasteiger partial charge in [0.15, 0.2) is 0 Å². The molecule has 8 heteroatoms. The number of hydrogen-bond acceptors (Lipinski definition) is 5. The van der Waals surface area contributed by atoms with Gasteiger partial charge in [0.05, 0.1) is 6.54 Å². The van der Waals surface area contributed by atoms with E-state index in [1.807, 2.05) is 0 Å². The first-order valence-electron chi connectivity index (χ1n) is 5.67. The van der Waals surface area contributed by atoms with E-state index in [0.717, 1.165) is 6.42 Å². The maximum atomic E-state index is 11.2. The van der Waals surface area contributed by atoms with Gasteiger partial charge in [0.25, 0.3) is 0 Å². The Kier molecular flexibility index (Phi) is 9.51. The second-order valence-electron chi connectivity index (χ2n) is 3.61. The van der Waals surface area contributed by atoms with Gasteiger partial charge in [0.1, 0.15) is 6.54 Å². The van der Waals surface area contributed by atoms with Gasteiger partial charge in [0, 0.05) is 13.0 Å². The van der Waals surface area contributed by atoms with Crippen molar-refractivity contribution in [3.05, 3.63) is 0 Å². The molecule has 0 rings (SSSR count). The summed E-state index contributed by atoms with van der Waals surface area (Å²) in [5, 5.41) is 19.0. The van der Waals surface area contributed by atoms with Gasteiger partial charge in [-0.25, -0.2) is 5.43 Å². The van der Waals surface area contributed by atoms with Gasteiger partial charge in [0.2, 0.25) is 11.8 Å². The third-order valence-electron chi connectivity index (χ3n) is 1.98. The number of aliphatic hydroxyl groups is 1. The molecule has 0 aromatic rings. The van der Waals surface area contributed by atoms with Gasteiger partial charge in [-0.15, -0.1) is 0 Å². The highest BCUT2D eigenvalue weighted by atomic mass is 16.4. The molecule has 0 heterocycles. The molecule has 104 valence electrons. The number of carbonyl (C=O) groups is 3. The molecule has 18 heavy (non-hydrogen) atoms. The zero-order valence-corrected chi connectivity index (χ0v) is 10.1. The minimum Gasteiger partial charge on any atom is -0.480 e. The summed E-state index contributed by atoms with van der Waals surface area (Å²) in [5.41, 5.74) is 4.71. The van der Waals surface area contributed by atoms with Crippen molar-refractivity contribution in [1.82, 2.24) is 16.2 Å². The summed E-state index contributed by atoms with van der Waals surface area (Å²) in [4.78, 5) is 32.3. The largest absolute Gasteiger partial charge is 0.480 e. The molecule has 0 aromatic heterocycles.